The molecule has 0 saturated heterocycles. The summed E-state index contributed by atoms with van der Waals surface area (Å²) in [6.07, 6.45) is 4.37. The number of benzene rings is 1. The van der Waals surface area contributed by atoms with Crippen LogP contribution >= 0.6 is 11.6 Å². The molecule has 2 aromatic heterocycles. The number of amides is 2. The Kier molecular flexibility index (Phi) is 6.71. The summed E-state index contributed by atoms with van der Waals surface area (Å²) in [6.45, 7) is 2.29. The van der Waals surface area contributed by atoms with Gasteiger partial charge in [-0.2, -0.15) is 0 Å². The lowest BCUT2D eigenvalue weighted by Gasteiger charge is -2.11. The standard InChI is InChI=1S/C21H21ClN4O4/c1-13-10-24-19(25-21(28)30-8-7-29-2)9-18(13)26-11-15(16(12-26)20(23)27)14-5-3-4-6-17(14)22/h3-6,9-12H,7-8H2,1-2H3,(H2,23,27)(H,24,25,28). The molecule has 1 aromatic carbocycles. The second kappa shape index (κ2) is 9.43. The maximum atomic E-state index is 12.0. The molecule has 2 heterocycles. The van der Waals surface area contributed by atoms with Crippen molar-refractivity contribution in [1.82, 2.24) is 9.55 Å². The molecule has 8 nitrogen and oxygen atoms in total. The molecule has 0 atom stereocenters. The molecule has 0 fully saturated rings. The van der Waals surface area contributed by atoms with E-state index in [4.69, 9.17) is 26.8 Å². The summed E-state index contributed by atoms with van der Waals surface area (Å²) in [4.78, 5) is 28.1. The Bertz CT molecular complexity index is 1080. The normalized spacial score (nSPS) is 10.6. The molecule has 0 spiro atoms. The first-order chi connectivity index (χ1) is 14.4. The summed E-state index contributed by atoms with van der Waals surface area (Å²) < 4.78 is 11.6. The molecule has 3 N–H and O–H groups in total. The predicted octanol–water partition coefficient (Wildman–Crippen LogP) is 3.79. The quantitative estimate of drug-likeness (QED) is 0.556. The number of aryl methyl sites for hydroxylation is 1. The third kappa shape index (κ3) is 4.79. The number of halogens is 1. The molecular formula is C21H21ClN4O4. The number of primary amides is 1. The average molecular weight is 429 g/mol. The molecule has 0 aliphatic heterocycles. The van der Waals surface area contributed by atoms with Crippen LogP contribution in [0.1, 0.15) is 15.9 Å². The van der Waals surface area contributed by atoms with Crippen LogP contribution in [0.5, 0.6) is 0 Å². The smallest absolute Gasteiger partial charge is 0.412 e. The van der Waals surface area contributed by atoms with Crippen molar-refractivity contribution in [3.05, 3.63) is 65.1 Å². The number of rotatable bonds is 7. The number of nitrogens with zero attached hydrogens (tertiary/aromatic N) is 2. The molecule has 2 amide bonds. The van der Waals surface area contributed by atoms with Gasteiger partial charge in [-0.15, -0.1) is 0 Å². The zero-order valence-electron chi connectivity index (χ0n) is 16.5. The number of carbonyl (C=O) groups is 2. The summed E-state index contributed by atoms with van der Waals surface area (Å²) in [5, 5.41) is 3.07. The molecule has 3 rings (SSSR count). The van der Waals surface area contributed by atoms with Gasteiger partial charge >= 0.3 is 6.09 Å². The third-order valence-corrected chi connectivity index (χ3v) is 4.69. The van der Waals surface area contributed by atoms with Crippen LogP contribution in [0.15, 0.2) is 48.9 Å². The van der Waals surface area contributed by atoms with E-state index in [1.165, 1.54) is 7.11 Å². The average Bonchev–Trinajstić information content (AvgIpc) is 3.15. The molecule has 0 unspecified atom stereocenters. The number of nitrogens with two attached hydrogens (primary N) is 1. The summed E-state index contributed by atoms with van der Waals surface area (Å²) in [6, 6.07) is 8.88. The van der Waals surface area contributed by atoms with E-state index in [0.29, 0.717) is 39.8 Å². The Balaban J connectivity index is 1.96. The van der Waals surface area contributed by atoms with E-state index >= 15 is 0 Å². The Morgan fingerprint density at radius 1 is 1.20 bits per heavy atom. The van der Waals surface area contributed by atoms with Crippen LogP contribution in [-0.2, 0) is 9.47 Å². The minimum absolute atomic E-state index is 0.127. The van der Waals surface area contributed by atoms with Gasteiger partial charge in [-0.05, 0) is 18.6 Å². The van der Waals surface area contributed by atoms with Crippen molar-refractivity contribution in [2.24, 2.45) is 5.73 Å². The third-order valence-electron chi connectivity index (χ3n) is 4.36. The monoisotopic (exact) mass is 428 g/mol. The number of methoxy groups -OCH3 is 1. The van der Waals surface area contributed by atoms with E-state index in [9.17, 15) is 9.59 Å². The molecule has 0 saturated carbocycles. The van der Waals surface area contributed by atoms with Gasteiger partial charge in [-0.3, -0.25) is 10.1 Å². The van der Waals surface area contributed by atoms with Crippen molar-refractivity contribution in [2.75, 3.05) is 25.6 Å². The molecule has 0 aliphatic rings. The second-order valence-electron chi connectivity index (χ2n) is 6.45. The first-order valence-electron chi connectivity index (χ1n) is 9.07. The van der Waals surface area contributed by atoms with E-state index in [0.717, 1.165) is 5.56 Å². The van der Waals surface area contributed by atoms with E-state index in [1.54, 1.807) is 35.3 Å². The summed E-state index contributed by atoms with van der Waals surface area (Å²) in [7, 11) is 1.52. The minimum Gasteiger partial charge on any atom is -0.447 e. The van der Waals surface area contributed by atoms with Crippen molar-refractivity contribution < 1.29 is 19.1 Å². The molecule has 0 radical (unpaired) electrons. The highest BCUT2D eigenvalue weighted by atomic mass is 35.5. The number of pyridine rings is 1. The Morgan fingerprint density at radius 3 is 2.67 bits per heavy atom. The first-order valence-corrected chi connectivity index (χ1v) is 9.45. The van der Waals surface area contributed by atoms with Gasteiger partial charge in [0.05, 0.1) is 17.9 Å². The van der Waals surface area contributed by atoms with Crippen LogP contribution < -0.4 is 11.1 Å². The zero-order valence-corrected chi connectivity index (χ0v) is 17.3. The van der Waals surface area contributed by atoms with Gasteiger partial charge in [0.1, 0.15) is 12.4 Å². The Hall–Kier alpha value is -3.36. The van der Waals surface area contributed by atoms with Crippen molar-refractivity contribution >= 4 is 29.4 Å². The summed E-state index contributed by atoms with van der Waals surface area (Å²) in [5.74, 6) is -0.276. The maximum Gasteiger partial charge on any atom is 0.412 e. The van der Waals surface area contributed by atoms with Gasteiger partial charge in [-0.25, -0.2) is 9.78 Å². The SMILES string of the molecule is COCCOC(=O)Nc1cc(-n2cc(C(N)=O)c(-c3ccccc3Cl)c2)c(C)cn1. The zero-order chi connectivity index (χ0) is 21.7. The van der Waals surface area contributed by atoms with E-state index in [2.05, 4.69) is 10.3 Å². The number of anilines is 1. The fraction of sp³-hybridized carbons (Fsp3) is 0.190. The molecule has 30 heavy (non-hydrogen) atoms. The molecule has 3 aromatic rings. The van der Waals surface area contributed by atoms with Gasteiger partial charge in [0.25, 0.3) is 5.91 Å². The highest BCUT2D eigenvalue weighted by Gasteiger charge is 2.17. The largest absolute Gasteiger partial charge is 0.447 e. The van der Waals surface area contributed by atoms with Gasteiger partial charge in [-0.1, -0.05) is 29.8 Å². The van der Waals surface area contributed by atoms with Crippen LogP contribution in [0, 0.1) is 6.92 Å². The first kappa shape index (κ1) is 21.4. The Labute approximate surface area is 178 Å². The van der Waals surface area contributed by atoms with E-state index < -0.39 is 12.0 Å². The fourth-order valence-electron chi connectivity index (χ4n) is 2.90. The van der Waals surface area contributed by atoms with Crippen LogP contribution in [-0.4, -0.2) is 41.9 Å². The maximum absolute atomic E-state index is 12.0. The molecule has 9 heteroatoms. The molecular weight excluding hydrogens is 408 g/mol. The lowest BCUT2D eigenvalue weighted by atomic mass is 10.0. The number of carbonyl (C=O) groups excluding carboxylic acids is 2. The molecule has 0 aliphatic carbocycles. The number of hydrogen-bond donors (Lipinski definition) is 2. The number of nitrogens with one attached hydrogen (secondary N) is 1. The van der Waals surface area contributed by atoms with Crippen LogP contribution in [0.25, 0.3) is 16.8 Å². The summed E-state index contributed by atoms with van der Waals surface area (Å²) in [5.41, 5.74) is 8.75. The van der Waals surface area contributed by atoms with Crippen molar-refractivity contribution in [3.63, 3.8) is 0 Å². The molecule has 156 valence electrons. The van der Waals surface area contributed by atoms with Gasteiger partial charge in [0.15, 0.2) is 0 Å². The van der Waals surface area contributed by atoms with Crippen molar-refractivity contribution in [2.45, 2.75) is 6.92 Å². The molecule has 0 bridgehead atoms. The van der Waals surface area contributed by atoms with Crippen molar-refractivity contribution in [3.8, 4) is 16.8 Å². The number of aromatic nitrogens is 2. The topological polar surface area (TPSA) is 108 Å². The van der Waals surface area contributed by atoms with Crippen molar-refractivity contribution in [1.29, 1.82) is 0 Å². The highest BCUT2D eigenvalue weighted by molar-refractivity contribution is 6.33. The number of ether oxygens (including phenoxy) is 2. The lowest BCUT2D eigenvalue weighted by Crippen LogP contribution is -2.17. The second-order valence-corrected chi connectivity index (χ2v) is 6.85. The van der Waals surface area contributed by atoms with Crippen LogP contribution in [0.4, 0.5) is 10.6 Å². The van der Waals surface area contributed by atoms with Gasteiger partial charge in [0.2, 0.25) is 0 Å². The predicted molar refractivity (Wildman–Crippen MR) is 114 cm³/mol. The fourth-order valence-corrected chi connectivity index (χ4v) is 3.14. The van der Waals surface area contributed by atoms with E-state index in [1.807, 2.05) is 25.1 Å². The summed E-state index contributed by atoms with van der Waals surface area (Å²) >= 11 is 6.31. The van der Waals surface area contributed by atoms with Gasteiger partial charge < -0.3 is 19.8 Å². The minimum atomic E-state index is -0.642. The van der Waals surface area contributed by atoms with E-state index in [-0.39, 0.29) is 6.61 Å². The highest BCUT2D eigenvalue weighted by Crippen LogP contribution is 2.32. The van der Waals surface area contributed by atoms with Crippen LogP contribution in [0.2, 0.25) is 5.02 Å². The number of hydrogen-bond acceptors (Lipinski definition) is 5. The van der Waals surface area contributed by atoms with Gasteiger partial charge in [0, 0.05) is 47.9 Å². The lowest BCUT2D eigenvalue weighted by molar-refractivity contribution is 0.100. The van der Waals surface area contributed by atoms with Crippen LogP contribution in [0.3, 0.4) is 0 Å². The Morgan fingerprint density at radius 2 is 1.97 bits per heavy atom.